The predicted molar refractivity (Wildman–Crippen MR) is 79.7 cm³/mol. The van der Waals surface area contributed by atoms with Crippen molar-refractivity contribution in [1.82, 2.24) is 5.43 Å². The van der Waals surface area contributed by atoms with Crippen molar-refractivity contribution in [3.63, 3.8) is 0 Å². The summed E-state index contributed by atoms with van der Waals surface area (Å²) < 4.78 is 5.71. The maximum Gasteiger partial charge on any atom is 0.266 e. The highest BCUT2D eigenvalue weighted by molar-refractivity contribution is 7.17. The molecule has 0 saturated heterocycles. The number of hydrogen-bond donors (Lipinski definition) is 3. The third-order valence-electron chi connectivity index (χ3n) is 3.00. The van der Waals surface area contributed by atoms with Crippen LogP contribution >= 0.6 is 11.3 Å². The molecule has 0 saturated carbocycles. The van der Waals surface area contributed by atoms with E-state index in [1.807, 2.05) is 35.8 Å². The molecular weight excluding hydrogens is 290 g/mol. The zero-order chi connectivity index (χ0) is 15.0. The fourth-order valence-electron chi connectivity index (χ4n) is 2.05. The molecule has 3 aromatic rings. The summed E-state index contributed by atoms with van der Waals surface area (Å²) in [7, 11) is 0. The van der Waals surface area contributed by atoms with Gasteiger partial charge in [0.2, 0.25) is 0 Å². The minimum atomic E-state index is -0.680. The van der Waals surface area contributed by atoms with E-state index >= 15 is 0 Å². The van der Waals surface area contributed by atoms with Gasteiger partial charge in [-0.1, -0.05) is 18.2 Å². The van der Waals surface area contributed by atoms with Crippen molar-refractivity contribution in [2.24, 2.45) is 11.6 Å². The van der Waals surface area contributed by atoms with Crippen LogP contribution in [0.25, 0.3) is 21.6 Å². The Morgan fingerprint density at radius 2 is 1.95 bits per heavy atom. The molecule has 1 aromatic carbocycles. The minimum absolute atomic E-state index is 0.144. The molecule has 0 fully saturated rings. The van der Waals surface area contributed by atoms with E-state index in [0.717, 1.165) is 22.3 Å². The lowest BCUT2D eigenvalue weighted by Gasteiger charge is -1.96. The number of amides is 2. The van der Waals surface area contributed by atoms with E-state index in [1.165, 1.54) is 0 Å². The van der Waals surface area contributed by atoms with E-state index in [9.17, 15) is 9.59 Å². The fraction of sp³-hybridized carbons (Fsp3) is 0. The van der Waals surface area contributed by atoms with Gasteiger partial charge in [0.25, 0.3) is 11.8 Å². The molecule has 0 radical (unpaired) electrons. The number of rotatable bonds is 3. The van der Waals surface area contributed by atoms with E-state index in [4.69, 9.17) is 16.0 Å². The molecule has 106 valence electrons. The Hall–Kier alpha value is -2.64. The third-order valence-corrected chi connectivity index (χ3v) is 4.16. The summed E-state index contributed by atoms with van der Waals surface area (Å²) in [5.41, 5.74) is 8.16. The van der Waals surface area contributed by atoms with Gasteiger partial charge in [-0.15, -0.1) is 11.3 Å². The molecule has 6 nitrogen and oxygen atoms in total. The smallest absolute Gasteiger partial charge is 0.266 e. The van der Waals surface area contributed by atoms with Crippen molar-refractivity contribution in [1.29, 1.82) is 0 Å². The largest absolute Gasteiger partial charge is 0.455 e. The van der Waals surface area contributed by atoms with E-state index < -0.39 is 11.8 Å². The van der Waals surface area contributed by atoms with E-state index in [0.29, 0.717) is 10.6 Å². The third kappa shape index (κ3) is 2.28. The topological polar surface area (TPSA) is 111 Å². The molecule has 21 heavy (non-hydrogen) atoms. The van der Waals surface area contributed by atoms with Crippen molar-refractivity contribution >= 4 is 34.1 Å². The Morgan fingerprint density at radius 3 is 2.62 bits per heavy atom. The lowest BCUT2D eigenvalue weighted by molar-refractivity contribution is 0.0938. The molecule has 0 bridgehead atoms. The molecule has 5 N–H and O–H groups in total. The fourth-order valence-corrected chi connectivity index (χ4v) is 3.01. The molecule has 0 spiro atoms. The quantitative estimate of drug-likeness (QED) is 0.389. The predicted octanol–water partition coefficient (Wildman–Crippen LogP) is 1.86. The van der Waals surface area contributed by atoms with Gasteiger partial charge in [0.05, 0.1) is 10.4 Å². The van der Waals surface area contributed by atoms with E-state index in [1.54, 1.807) is 6.07 Å². The molecular formula is C14H11N3O3S. The monoisotopic (exact) mass is 301 g/mol. The van der Waals surface area contributed by atoms with Crippen LogP contribution in [0.15, 0.2) is 40.8 Å². The number of hydrogen-bond acceptors (Lipinski definition) is 5. The first-order valence-corrected chi connectivity index (χ1v) is 6.85. The highest BCUT2D eigenvalue weighted by Gasteiger charge is 2.21. The van der Waals surface area contributed by atoms with Crippen LogP contribution in [0, 0.1) is 0 Å². The van der Waals surface area contributed by atoms with Crippen LogP contribution < -0.4 is 17.0 Å². The van der Waals surface area contributed by atoms with Gasteiger partial charge in [-0.05, 0) is 18.2 Å². The van der Waals surface area contributed by atoms with Gasteiger partial charge in [-0.25, -0.2) is 5.84 Å². The molecule has 0 aliphatic rings. The molecule has 7 heteroatoms. The summed E-state index contributed by atoms with van der Waals surface area (Å²) in [5.74, 6) is 4.43. The van der Waals surface area contributed by atoms with Crippen LogP contribution in [0.5, 0.6) is 0 Å². The maximum absolute atomic E-state index is 11.7. The lowest BCUT2D eigenvalue weighted by atomic mass is 10.2. The van der Waals surface area contributed by atoms with E-state index in [-0.39, 0.29) is 10.4 Å². The van der Waals surface area contributed by atoms with E-state index in [2.05, 4.69) is 0 Å². The molecule has 2 heterocycles. The zero-order valence-electron chi connectivity index (χ0n) is 10.8. The number of fused-ring (bicyclic) bond motifs is 1. The Bertz CT molecular complexity index is 817. The van der Waals surface area contributed by atoms with Gasteiger partial charge in [-0.3, -0.25) is 15.0 Å². The Labute approximate surface area is 123 Å². The number of furan rings is 1. The van der Waals surface area contributed by atoms with Gasteiger partial charge in [0.15, 0.2) is 0 Å². The molecule has 0 unspecified atom stereocenters. The molecule has 0 atom stereocenters. The Kier molecular flexibility index (Phi) is 3.20. The summed E-state index contributed by atoms with van der Waals surface area (Å²) in [6.45, 7) is 0. The number of carbonyl (C=O) groups excluding carboxylic acids is 2. The van der Waals surface area contributed by atoms with Crippen molar-refractivity contribution in [2.75, 3.05) is 0 Å². The Balaban J connectivity index is 2.14. The Morgan fingerprint density at radius 1 is 1.19 bits per heavy atom. The first-order valence-electron chi connectivity index (χ1n) is 6.03. The average Bonchev–Trinajstić information content (AvgIpc) is 3.09. The van der Waals surface area contributed by atoms with Crippen LogP contribution in [0.4, 0.5) is 0 Å². The first-order chi connectivity index (χ1) is 10.1. The van der Waals surface area contributed by atoms with Gasteiger partial charge >= 0.3 is 0 Å². The number of carbonyl (C=O) groups is 2. The summed E-state index contributed by atoms with van der Waals surface area (Å²) >= 11 is 1.09. The number of benzene rings is 1. The second-order valence-electron chi connectivity index (χ2n) is 4.34. The van der Waals surface area contributed by atoms with Crippen LogP contribution in [0.1, 0.15) is 20.0 Å². The number of para-hydroxylation sites is 1. The number of nitrogens with one attached hydrogen (secondary N) is 1. The molecule has 3 rings (SSSR count). The van der Waals surface area contributed by atoms with Gasteiger partial charge in [0.1, 0.15) is 16.2 Å². The number of primary amides is 1. The molecule has 2 aromatic heterocycles. The maximum atomic E-state index is 11.7. The van der Waals surface area contributed by atoms with Crippen molar-refractivity contribution < 1.29 is 14.0 Å². The second kappa shape index (κ2) is 5.04. The van der Waals surface area contributed by atoms with Crippen LogP contribution in [-0.2, 0) is 0 Å². The number of hydrazine groups is 1. The van der Waals surface area contributed by atoms with Crippen LogP contribution in [0.3, 0.4) is 0 Å². The summed E-state index contributed by atoms with van der Waals surface area (Å²) in [5, 5.41) is 0.936. The summed E-state index contributed by atoms with van der Waals surface area (Å²) in [4.78, 5) is 23.9. The normalized spacial score (nSPS) is 10.7. The zero-order valence-corrected chi connectivity index (χ0v) is 11.6. The second-order valence-corrected chi connectivity index (χ2v) is 5.39. The number of nitrogens with two attached hydrogens (primary N) is 2. The lowest BCUT2D eigenvalue weighted by Crippen LogP contribution is -2.31. The first kappa shape index (κ1) is 13.3. The van der Waals surface area contributed by atoms with Gasteiger partial charge in [-0.2, -0.15) is 0 Å². The molecule has 0 aliphatic heterocycles. The van der Waals surface area contributed by atoms with Crippen LogP contribution in [0.2, 0.25) is 0 Å². The molecule has 2 amide bonds. The minimum Gasteiger partial charge on any atom is -0.455 e. The van der Waals surface area contributed by atoms with Gasteiger partial charge in [0, 0.05) is 5.39 Å². The van der Waals surface area contributed by atoms with Gasteiger partial charge < -0.3 is 10.2 Å². The highest BCUT2D eigenvalue weighted by Crippen LogP contribution is 2.34. The standard InChI is InChI=1S/C14H11N3O3S/c15-13(18)12-8(14(19)17-16)6-11(21-12)10-5-7-3-1-2-4-9(7)20-10/h1-6H,16H2,(H2,15,18)(H,17,19). The summed E-state index contributed by atoms with van der Waals surface area (Å²) in [6, 6.07) is 10.9. The molecule has 0 aliphatic carbocycles. The number of thiophene rings is 1. The van der Waals surface area contributed by atoms with Crippen molar-refractivity contribution in [2.45, 2.75) is 0 Å². The average molecular weight is 301 g/mol. The summed E-state index contributed by atoms with van der Waals surface area (Å²) in [6.07, 6.45) is 0. The number of nitrogen functional groups attached to an aromatic ring is 1. The highest BCUT2D eigenvalue weighted by atomic mass is 32.1. The van der Waals surface area contributed by atoms with Crippen molar-refractivity contribution in [3.8, 4) is 10.6 Å². The van der Waals surface area contributed by atoms with Crippen molar-refractivity contribution in [3.05, 3.63) is 46.8 Å². The SMILES string of the molecule is NNC(=O)c1cc(-c2cc3ccccc3o2)sc1C(N)=O. The van der Waals surface area contributed by atoms with Crippen LogP contribution in [-0.4, -0.2) is 11.8 Å².